The summed E-state index contributed by atoms with van der Waals surface area (Å²) >= 11 is 0. The van der Waals surface area contributed by atoms with E-state index in [-0.39, 0.29) is 23.2 Å². The van der Waals surface area contributed by atoms with Crippen molar-refractivity contribution in [1.82, 2.24) is 34.7 Å². The molecule has 0 saturated heterocycles. The molecule has 198 valence electrons. The van der Waals surface area contributed by atoms with Gasteiger partial charge in [-0.1, -0.05) is 30.3 Å². The number of carbonyl (C=O) groups is 2. The van der Waals surface area contributed by atoms with Crippen molar-refractivity contribution in [2.45, 2.75) is 26.2 Å². The lowest BCUT2D eigenvalue weighted by atomic mass is 10.2. The summed E-state index contributed by atoms with van der Waals surface area (Å²) in [5.41, 5.74) is 3.89. The predicted molar refractivity (Wildman–Crippen MR) is 148 cm³/mol. The Bertz CT molecular complexity index is 1340. The van der Waals surface area contributed by atoms with Crippen LogP contribution in [0.5, 0.6) is 0 Å². The van der Waals surface area contributed by atoms with Gasteiger partial charge in [0.15, 0.2) is 0 Å². The SMILES string of the molecule is O=C(c1cccc(C(=O)N(Cc2cccnc2)Cc2cccnc2)n1)N(Cc1cccnc1)Cc1cccnc1. The number of amides is 2. The maximum atomic E-state index is 13.8. The van der Waals surface area contributed by atoms with Crippen LogP contribution in [-0.4, -0.2) is 46.5 Å². The summed E-state index contributed by atoms with van der Waals surface area (Å²) in [5.74, 6) is -0.596. The first kappa shape index (κ1) is 26.3. The molecule has 5 aromatic rings. The number of pyridine rings is 5. The highest BCUT2D eigenvalue weighted by atomic mass is 16.2. The Morgan fingerprint density at radius 3 is 1.07 bits per heavy atom. The molecule has 0 aromatic carbocycles. The fraction of sp³-hybridized carbons (Fsp3) is 0.129. The zero-order valence-corrected chi connectivity index (χ0v) is 21.7. The van der Waals surface area contributed by atoms with Crippen LogP contribution < -0.4 is 0 Å². The second-order valence-electron chi connectivity index (χ2n) is 9.18. The number of rotatable bonds is 10. The molecule has 5 heterocycles. The molecule has 0 bridgehead atoms. The number of hydrogen-bond donors (Lipinski definition) is 0. The average Bonchev–Trinajstić information content (AvgIpc) is 3.02. The molecule has 9 heteroatoms. The maximum absolute atomic E-state index is 13.8. The van der Waals surface area contributed by atoms with Crippen LogP contribution in [-0.2, 0) is 26.2 Å². The molecular weight excluding hydrogens is 502 g/mol. The lowest BCUT2D eigenvalue weighted by Crippen LogP contribution is -2.33. The fourth-order valence-corrected chi connectivity index (χ4v) is 4.24. The minimum atomic E-state index is -0.298. The monoisotopic (exact) mass is 529 g/mol. The molecule has 0 atom stereocenters. The smallest absolute Gasteiger partial charge is 0.273 e. The predicted octanol–water partition coefficient (Wildman–Crippen LogP) is 4.35. The molecule has 2 amide bonds. The lowest BCUT2D eigenvalue weighted by molar-refractivity contribution is 0.0715. The van der Waals surface area contributed by atoms with Gasteiger partial charge in [0.1, 0.15) is 11.4 Å². The van der Waals surface area contributed by atoms with E-state index in [0.717, 1.165) is 22.3 Å². The Morgan fingerprint density at radius 1 is 0.475 bits per heavy atom. The van der Waals surface area contributed by atoms with Gasteiger partial charge in [0.25, 0.3) is 11.8 Å². The summed E-state index contributed by atoms with van der Waals surface area (Å²) in [6.07, 6.45) is 13.7. The van der Waals surface area contributed by atoms with Gasteiger partial charge >= 0.3 is 0 Å². The summed E-state index contributed by atoms with van der Waals surface area (Å²) in [5, 5.41) is 0. The van der Waals surface area contributed by atoms with Crippen LogP contribution in [0.1, 0.15) is 43.2 Å². The van der Waals surface area contributed by atoms with E-state index < -0.39 is 0 Å². The molecule has 0 aliphatic heterocycles. The molecule has 0 saturated carbocycles. The molecule has 0 N–H and O–H groups in total. The molecule has 0 aliphatic rings. The lowest BCUT2D eigenvalue weighted by Gasteiger charge is -2.24. The first-order chi connectivity index (χ1) is 19.7. The summed E-state index contributed by atoms with van der Waals surface area (Å²) < 4.78 is 0. The van der Waals surface area contributed by atoms with Gasteiger partial charge < -0.3 is 9.80 Å². The van der Waals surface area contributed by atoms with Crippen molar-refractivity contribution in [1.29, 1.82) is 0 Å². The van der Waals surface area contributed by atoms with Gasteiger partial charge in [0.2, 0.25) is 0 Å². The van der Waals surface area contributed by atoms with Crippen LogP contribution in [0.4, 0.5) is 0 Å². The van der Waals surface area contributed by atoms with Crippen molar-refractivity contribution in [3.63, 3.8) is 0 Å². The van der Waals surface area contributed by atoms with Gasteiger partial charge in [-0.15, -0.1) is 0 Å². The number of carbonyl (C=O) groups excluding carboxylic acids is 2. The van der Waals surface area contributed by atoms with E-state index in [9.17, 15) is 9.59 Å². The van der Waals surface area contributed by atoms with E-state index in [0.29, 0.717) is 26.2 Å². The highest BCUT2D eigenvalue weighted by Gasteiger charge is 2.23. The van der Waals surface area contributed by atoms with Gasteiger partial charge in [0.05, 0.1) is 0 Å². The molecule has 0 unspecified atom stereocenters. The molecule has 9 nitrogen and oxygen atoms in total. The van der Waals surface area contributed by atoms with Gasteiger partial charge in [-0.3, -0.25) is 29.5 Å². The van der Waals surface area contributed by atoms with Crippen LogP contribution >= 0.6 is 0 Å². The summed E-state index contributed by atoms with van der Waals surface area (Å²) in [6.45, 7) is 1.32. The van der Waals surface area contributed by atoms with Crippen molar-refractivity contribution in [2.75, 3.05) is 0 Å². The number of nitrogens with zero attached hydrogens (tertiary/aromatic N) is 7. The second-order valence-corrected chi connectivity index (χ2v) is 9.18. The van der Waals surface area contributed by atoms with E-state index in [4.69, 9.17) is 0 Å². The quantitative estimate of drug-likeness (QED) is 0.265. The van der Waals surface area contributed by atoms with Crippen molar-refractivity contribution in [3.05, 3.63) is 150 Å². The molecular formula is C31H27N7O2. The van der Waals surface area contributed by atoms with E-state index in [1.807, 2.05) is 48.5 Å². The molecule has 40 heavy (non-hydrogen) atoms. The third kappa shape index (κ3) is 6.96. The van der Waals surface area contributed by atoms with Crippen LogP contribution in [0.3, 0.4) is 0 Å². The summed E-state index contributed by atoms with van der Waals surface area (Å²) in [6, 6.07) is 19.9. The fourth-order valence-electron chi connectivity index (χ4n) is 4.24. The van der Waals surface area contributed by atoms with E-state index in [1.165, 1.54) is 0 Å². The topological polar surface area (TPSA) is 105 Å². The molecule has 0 spiro atoms. The Labute approximate surface area is 232 Å². The average molecular weight is 530 g/mol. The minimum Gasteiger partial charge on any atom is -0.329 e. The zero-order valence-electron chi connectivity index (χ0n) is 21.7. The first-order valence-corrected chi connectivity index (χ1v) is 12.8. The maximum Gasteiger partial charge on any atom is 0.273 e. The first-order valence-electron chi connectivity index (χ1n) is 12.8. The van der Waals surface area contributed by atoms with Crippen molar-refractivity contribution in [3.8, 4) is 0 Å². The van der Waals surface area contributed by atoms with Gasteiger partial charge in [-0.05, 0) is 58.7 Å². The van der Waals surface area contributed by atoms with Gasteiger partial charge in [0, 0.05) is 75.8 Å². The molecule has 0 fully saturated rings. The van der Waals surface area contributed by atoms with Gasteiger partial charge in [-0.2, -0.15) is 0 Å². The van der Waals surface area contributed by atoms with Crippen LogP contribution in [0, 0.1) is 0 Å². The Kier molecular flexibility index (Phi) is 8.53. The third-order valence-corrected chi connectivity index (χ3v) is 6.15. The van der Waals surface area contributed by atoms with E-state index in [2.05, 4.69) is 24.9 Å². The van der Waals surface area contributed by atoms with Crippen molar-refractivity contribution < 1.29 is 9.59 Å². The molecule has 0 radical (unpaired) electrons. The van der Waals surface area contributed by atoms with Crippen LogP contribution in [0.15, 0.2) is 116 Å². The Morgan fingerprint density at radius 2 is 0.800 bits per heavy atom. The summed E-state index contributed by atoms with van der Waals surface area (Å²) in [4.78, 5) is 52.1. The number of aromatic nitrogens is 5. The number of hydrogen-bond acceptors (Lipinski definition) is 7. The molecule has 5 rings (SSSR count). The van der Waals surface area contributed by atoms with Crippen LogP contribution in [0.25, 0.3) is 0 Å². The summed E-state index contributed by atoms with van der Waals surface area (Å²) in [7, 11) is 0. The molecule has 0 aliphatic carbocycles. The second kappa shape index (κ2) is 13.0. The van der Waals surface area contributed by atoms with Gasteiger partial charge in [-0.25, -0.2) is 4.98 Å². The normalized spacial score (nSPS) is 10.6. The Hall–Kier alpha value is -5.31. The molecule has 5 aromatic heterocycles. The third-order valence-electron chi connectivity index (χ3n) is 6.15. The van der Waals surface area contributed by atoms with Crippen molar-refractivity contribution >= 4 is 11.8 Å². The highest BCUT2D eigenvalue weighted by Crippen LogP contribution is 2.16. The van der Waals surface area contributed by atoms with E-state index in [1.54, 1.807) is 77.6 Å². The zero-order chi connectivity index (χ0) is 27.6. The van der Waals surface area contributed by atoms with Crippen LogP contribution in [0.2, 0.25) is 0 Å². The minimum absolute atomic E-state index is 0.182. The largest absolute Gasteiger partial charge is 0.329 e. The Balaban J connectivity index is 1.41. The standard InChI is InChI=1S/C31H27N7O2/c39-30(37(20-24-6-2-12-32-16-24)21-25-7-3-13-33-17-25)28-10-1-11-29(36-28)31(40)38(22-26-8-4-14-34-18-26)23-27-9-5-15-35-19-27/h1-19H,20-23H2. The van der Waals surface area contributed by atoms with E-state index >= 15 is 0 Å². The highest BCUT2D eigenvalue weighted by molar-refractivity contribution is 5.96. The van der Waals surface area contributed by atoms with Crippen molar-refractivity contribution in [2.24, 2.45) is 0 Å².